The van der Waals surface area contributed by atoms with Crippen molar-refractivity contribution in [3.63, 3.8) is 0 Å². The van der Waals surface area contributed by atoms with Gasteiger partial charge >= 0.3 is 0 Å². The van der Waals surface area contributed by atoms with Crippen LogP contribution in [0.15, 0.2) is 0 Å². The van der Waals surface area contributed by atoms with Crippen LogP contribution in [0.5, 0.6) is 0 Å². The van der Waals surface area contributed by atoms with Crippen molar-refractivity contribution in [1.82, 2.24) is 0 Å². The van der Waals surface area contributed by atoms with Crippen molar-refractivity contribution >= 4 is 0 Å². The molecule has 4 aliphatic carbocycles. The van der Waals surface area contributed by atoms with Crippen LogP contribution >= 0.6 is 0 Å². The lowest BCUT2D eigenvalue weighted by Crippen LogP contribution is -2.63. The van der Waals surface area contributed by atoms with Gasteiger partial charge in [-0.15, -0.1) is 0 Å². The minimum absolute atomic E-state index is 0.0684. The molecule has 0 unspecified atom stereocenters. The molecular formula is C31H56O6. The summed E-state index contributed by atoms with van der Waals surface area (Å²) in [6, 6.07) is 0. The Morgan fingerprint density at radius 1 is 0.838 bits per heavy atom. The minimum atomic E-state index is 0.0684. The highest BCUT2D eigenvalue weighted by atomic mass is 16.5. The second kappa shape index (κ2) is 13.0. The fraction of sp³-hybridized carbons (Fsp3) is 1.00. The van der Waals surface area contributed by atoms with E-state index >= 15 is 0 Å². The fourth-order valence-corrected chi connectivity index (χ4v) is 9.98. The van der Waals surface area contributed by atoms with Crippen LogP contribution in [-0.2, 0) is 14.2 Å². The Labute approximate surface area is 225 Å². The van der Waals surface area contributed by atoms with Gasteiger partial charge in [-0.3, -0.25) is 0 Å². The third-order valence-corrected chi connectivity index (χ3v) is 11.7. The fourth-order valence-electron chi connectivity index (χ4n) is 9.98. The topological polar surface area (TPSA) is 88.4 Å². The van der Waals surface area contributed by atoms with E-state index in [0.717, 1.165) is 32.1 Å². The van der Waals surface area contributed by atoms with Gasteiger partial charge in [0.05, 0.1) is 58.0 Å². The van der Waals surface area contributed by atoms with E-state index in [-0.39, 0.29) is 49.0 Å². The number of unbranched alkanes of at least 4 members (excludes halogenated alkanes) is 1. The quantitative estimate of drug-likeness (QED) is 0.320. The highest BCUT2D eigenvalue weighted by Gasteiger charge is 2.66. The Morgan fingerprint density at radius 3 is 2.24 bits per heavy atom. The van der Waals surface area contributed by atoms with Crippen molar-refractivity contribution < 1.29 is 29.5 Å². The summed E-state index contributed by atoms with van der Waals surface area (Å²) in [7, 11) is 0. The van der Waals surface area contributed by atoms with Crippen molar-refractivity contribution in [1.29, 1.82) is 0 Å². The average molecular weight is 525 g/mol. The predicted octanol–water partition coefficient (Wildman–Crippen LogP) is 4.82. The smallest absolute Gasteiger partial charge is 0.0701 e. The molecule has 6 heteroatoms. The number of ether oxygens (including phenoxy) is 3. The number of rotatable bonds is 13. The Kier molecular flexibility index (Phi) is 10.4. The van der Waals surface area contributed by atoms with Gasteiger partial charge in [0.1, 0.15) is 0 Å². The summed E-state index contributed by atoms with van der Waals surface area (Å²) in [5, 5.41) is 28.7. The monoisotopic (exact) mass is 524 g/mol. The predicted molar refractivity (Wildman–Crippen MR) is 145 cm³/mol. The maximum atomic E-state index is 9.72. The van der Waals surface area contributed by atoms with Gasteiger partial charge in [0.25, 0.3) is 0 Å². The lowest BCUT2D eigenvalue weighted by molar-refractivity contribution is -0.229. The molecule has 0 bridgehead atoms. The highest BCUT2D eigenvalue weighted by molar-refractivity contribution is 5.15. The average Bonchev–Trinajstić information content (AvgIpc) is 3.26. The molecular weight excluding hydrogens is 468 g/mol. The zero-order chi connectivity index (χ0) is 26.6. The third-order valence-electron chi connectivity index (χ3n) is 11.7. The van der Waals surface area contributed by atoms with Gasteiger partial charge in [0.15, 0.2) is 0 Å². The SMILES string of the molecule is CCCC[C@@H](C)[C@H]1CC[C@H]2[C@@H]3[C@H](OCCO)C[C@@H]4C[C@H](OCCO)CC[C@]4(C)[C@H]3C[C@H](OCCO)[C@]12C. The van der Waals surface area contributed by atoms with E-state index in [0.29, 0.717) is 55.3 Å². The van der Waals surface area contributed by atoms with Gasteiger partial charge < -0.3 is 29.5 Å². The van der Waals surface area contributed by atoms with Crippen molar-refractivity contribution in [3.05, 3.63) is 0 Å². The first-order chi connectivity index (χ1) is 17.8. The number of hydrogen-bond acceptors (Lipinski definition) is 6. The van der Waals surface area contributed by atoms with E-state index in [4.69, 9.17) is 14.2 Å². The standard InChI is InChI=1S/C31H56O6/c1-5-6-7-21(2)24-8-9-25-29-26(20-28(31(24,25)4)37-17-14-34)30(3)11-10-23(35-15-12-32)18-22(30)19-27(29)36-16-13-33/h21-29,32-34H,5-20H2,1-4H3/t21-,22+,23-,24-,25+,26+,27-,28+,29+,30+,31-/m1/s1. The van der Waals surface area contributed by atoms with Crippen LogP contribution in [0.2, 0.25) is 0 Å². The zero-order valence-electron chi connectivity index (χ0n) is 24.1. The van der Waals surface area contributed by atoms with Crippen molar-refractivity contribution in [2.24, 2.45) is 46.3 Å². The van der Waals surface area contributed by atoms with Crippen molar-refractivity contribution in [2.75, 3.05) is 39.6 Å². The second-order valence-corrected chi connectivity index (χ2v) is 13.3. The Morgan fingerprint density at radius 2 is 1.54 bits per heavy atom. The molecule has 0 saturated heterocycles. The summed E-state index contributed by atoms with van der Waals surface area (Å²) in [5.74, 6) is 3.38. The first-order valence-electron chi connectivity index (χ1n) is 15.5. The molecule has 4 fully saturated rings. The zero-order valence-corrected chi connectivity index (χ0v) is 24.1. The molecule has 0 aromatic heterocycles. The summed E-state index contributed by atoms with van der Waals surface area (Å²) in [6.45, 7) is 11.3. The first kappa shape index (κ1) is 29.7. The molecule has 4 aliphatic rings. The molecule has 0 amide bonds. The highest BCUT2D eigenvalue weighted by Crippen LogP contribution is 2.69. The molecule has 4 saturated carbocycles. The number of aliphatic hydroxyl groups excluding tert-OH is 3. The largest absolute Gasteiger partial charge is 0.394 e. The van der Waals surface area contributed by atoms with E-state index in [1.165, 1.54) is 32.1 Å². The van der Waals surface area contributed by atoms with Gasteiger partial charge in [0.2, 0.25) is 0 Å². The molecule has 3 N–H and O–H groups in total. The molecule has 0 spiro atoms. The van der Waals surface area contributed by atoms with Crippen molar-refractivity contribution in [3.8, 4) is 0 Å². The van der Waals surface area contributed by atoms with Gasteiger partial charge in [-0.2, -0.15) is 0 Å². The van der Waals surface area contributed by atoms with E-state index in [2.05, 4.69) is 27.7 Å². The van der Waals surface area contributed by atoms with E-state index in [1.54, 1.807) is 0 Å². The Bertz CT molecular complexity index is 703. The maximum Gasteiger partial charge on any atom is 0.0701 e. The number of aliphatic hydroxyl groups is 3. The van der Waals surface area contributed by atoms with Crippen LogP contribution in [0.3, 0.4) is 0 Å². The number of hydrogen-bond donors (Lipinski definition) is 3. The molecule has 0 radical (unpaired) electrons. The van der Waals surface area contributed by atoms with Crippen molar-refractivity contribution in [2.45, 2.75) is 110 Å². The second-order valence-electron chi connectivity index (χ2n) is 13.3. The van der Waals surface area contributed by atoms with Crippen LogP contribution in [0.1, 0.15) is 91.9 Å². The Hall–Kier alpha value is -0.240. The summed E-state index contributed by atoms with van der Waals surface area (Å²) in [4.78, 5) is 0. The lowest BCUT2D eigenvalue weighted by atomic mass is 9.43. The molecule has 11 atom stereocenters. The molecule has 4 rings (SSSR count). The minimum Gasteiger partial charge on any atom is -0.394 e. The first-order valence-corrected chi connectivity index (χ1v) is 15.5. The lowest BCUT2D eigenvalue weighted by Gasteiger charge is -2.64. The molecule has 0 heterocycles. The van der Waals surface area contributed by atoms with Crippen LogP contribution < -0.4 is 0 Å². The van der Waals surface area contributed by atoms with Crippen LogP contribution in [-0.4, -0.2) is 73.3 Å². The number of fused-ring (bicyclic) bond motifs is 5. The normalized spacial score (nSPS) is 44.2. The molecule has 216 valence electrons. The van der Waals surface area contributed by atoms with E-state index in [9.17, 15) is 15.3 Å². The van der Waals surface area contributed by atoms with E-state index in [1.807, 2.05) is 0 Å². The summed E-state index contributed by atoms with van der Waals surface area (Å²) in [5.41, 5.74) is 0.311. The van der Waals surface area contributed by atoms with Crippen LogP contribution in [0.25, 0.3) is 0 Å². The summed E-state index contributed by atoms with van der Waals surface area (Å²) in [6.07, 6.45) is 12.2. The molecule has 37 heavy (non-hydrogen) atoms. The van der Waals surface area contributed by atoms with Crippen LogP contribution in [0, 0.1) is 46.3 Å². The third kappa shape index (κ3) is 5.67. The van der Waals surface area contributed by atoms with Gasteiger partial charge in [-0.05, 0) is 85.9 Å². The van der Waals surface area contributed by atoms with Crippen LogP contribution in [0.4, 0.5) is 0 Å². The van der Waals surface area contributed by atoms with Gasteiger partial charge in [-0.25, -0.2) is 0 Å². The molecule has 6 nitrogen and oxygen atoms in total. The summed E-state index contributed by atoms with van der Waals surface area (Å²) < 4.78 is 19.2. The van der Waals surface area contributed by atoms with E-state index < -0.39 is 0 Å². The van der Waals surface area contributed by atoms with Gasteiger partial charge in [0, 0.05) is 5.41 Å². The molecule has 0 aliphatic heterocycles. The molecule has 0 aromatic rings. The van der Waals surface area contributed by atoms with Gasteiger partial charge in [-0.1, -0.05) is 47.0 Å². The maximum absolute atomic E-state index is 9.72. The molecule has 0 aromatic carbocycles. The Balaban J connectivity index is 1.66. The summed E-state index contributed by atoms with van der Waals surface area (Å²) >= 11 is 0.